The highest BCUT2D eigenvalue weighted by Gasteiger charge is 1.95. The number of rotatable bonds is 2. The van der Waals surface area contributed by atoms with Gasteiger partial charge in [0, 0.05) is 6.07 Å². The molecule has 0 aliphatic rings. The minimum absolute atomic E-state index is 0.0235. The Kier molecular flexibility index (Phi) is 8.95. The summed E-state index contributed by atoms with van der Waals surface area (Å²) in [7, 11) is 0. The maximum Gasteiger partial charge on any atom is 0.291 e. The van der Waals surface area contributed by atoms with Crippen LogP contribution in [0.5, 0.6) is 17.2 Å². The van der Waals surface area contributed by atoms with Crippen molar-refractivity contribution in [2.75, 3.05) is 0 Å². The number of benzene rings is 2. The molecule has 0 aromatic heterocycles. The molecule has 0 fully saturated rings. The number of phenols is 3. The quantitative estimate of drug-likeness (QED) is 0.306. The molecule has 0 bridgehead atoms. The molecule has 11 heteroatoms. The Morgan fingerprint density at radius 1 is 0.680 bits per heavy atom. The van der Waals surface area contributed by atoms with Crippen LogP contribution in [0.15, 0.2) is 42.5 Å². The molecule has 0 heterocycles. The Hall–Kier alpha value is -4.02. The minimum atomic E-state index is -1.50. The van der Waals surface area contributed by atoms with Crippen LogP contribution >= 0.6 is 0 Å². The molecule has 11 nitrogen and oxygen atoms in total. The number of hydrogen-bond acceptors (Lipinski definition) is 7. The molecule has 2 aromatic rings. The molecule has 5 N–H and O–H groups in total. The van der Waals surface area contributed by atoms with Crippen LogP contribution in [0.3, 0.4) is 0 Å². The van der Waals surface area contributed by atoms with Gasteiger partial charge in [0.05, 0.1) is 0 Å². The van der Waals surface area contributed by atoms with Crippen LogP contribution in [0.2, 0.25) is 0 Å². The van der Waals surface area contributed by atoms with E-state index in [9.17, 15) is 10.2 Å². The topological polar surface area (TPSA) is 187 Å². The molecule has 2 rings (SSSR count). The molecule has 25 heavy (non-hydrogen) atoms. The smallest absolute Gasteiger partial charge is 0.291 e. The third kappa shape index (κ3) is 12.2. The van der Waals surface area contributed by atoms with Crippen LogP contribution in [0.1, 0.15) is 11.1 Å². The second-order valence-electron chi connectivity index (χ2n) is 4.18. The molecule has 0 radical (unpaired) electrons. The molecule has 0 saturated heterocycles. The van der Waals surface area contributed by atoms with Crippen LogP contribution in [0.4, 0.5) is 0 Å². The second-order valence-corrected chi connectivity index (χ2v) is 4.18. The normalized spacial score (nSPS) is 9.28. The summed E-state index contributed by atoms with van der Waals surface area (Å²) in [6.45, 7) is 0. The molecule has 2 aromatic carbocycles. The zero-order valence-electron chi connectivity index (χ0n) is 12.5. The van der Waals surface area contributed by atoms with Crippen molar-refractivity contribution in [2.24, 2.45) is 0 Å². The van der Waals surface area contributed by atoms with Gasteiger partial charge in [-0.05, 0) is 35.4 Å². The van der Waals surface area contributed by atoms with Gasteiger partial charge in [0.1, 0.15) is 17.2 Å². The molecule has 0 saturated carbocycles. The van der Waals surface area contributed by atoms with E-state index < -0.39 is 10.2 Å². The van der Waals surface area contributed by atoms with E-state index >= 15 is 0 Å². The van der Waals surface area contributed by atoms with Crippen molar-refractivity contribution >= 4 is 12.2 Å². The van der Waals surface area contributed by atoms with Gasteiger partial charge in [-0.3, -0.25) is 0 Å². The number of hydrogen-bond donors (Lipinski definition) is 5. The molecule has 134 valence electrons. The first kappa shape index (κ1) is 21.0. The van der Waals surface area contributed by atoms with Gasteiger partial charge >= 0.3 is 0 Å². The van der Waals surface area contributed by atoms with E-state index in [1.54, 1.807) is 42.5 Å². The van der Waals surface area contributed by atoms with Gasteiger partial charge in [0.2, 0.25) is 0 Å². The van der Waals surface area contributed by atoms with Crippen molar-refractivity contribution < 1.29 is 35.9 Å². The van der Waals surface area contributed by atoms with Crippen LogP contribution in [-0.2, 0) is 0 Å². The van der Waals surface area contributed by atoms with E-state index in [1.807, 2.05) is 6.08 Å². The lowest BCUT2D eigenvalue weighted by Crippen LogP contribution is -1.81. The maximum absolute atomic E-state index is 9.30. The summed E-state index contributed by atoms with van der Waals surface area (Å²) in [5.41, 5.74) is 1.63. The van der Waals surface area contributed by atoms with Gasteiger partial charge < -0.3 is 25.7 Å². The summed E-state index contributed by atoms with van der Waals surface area (Å²) < 4.78 is 0. The van der Waals surface area contributed by atoms with Gasteiger partial charge in [0.25, 0.3) is 10.2 Å². The Morgan fingerprint density at radius 2 is 1.04 bits per heavy atom. The number of aromatic hydroxyl groups is 3. The SMILES string of the molecule is O=[N+]([O-])O.O=[N+]([O-])O.Oc1ccc(C=Cc2cc(O)cc(O)c2)cc1. The van der Waals surface area contributed by atoms with E-state index in [-0.39, 0.29) is 17.2 Å². The highest BCUT2D eigenvalue weighted by Crippen LogP contribution is 2.22. The summed E-state index contributed by atoms with van der Waals surface area (Å²) in [6, 6.07) is 11.1. The predicted octanol–water partition coefficient (Wildman–Crippen LogP) is 2.28. The first-order valence-electron chi connectivity index (χ1n) is 6.27. The Balaban J connectivity index is 0.000000609. The summed E-state index contributed by atoms with van der Waals surface area (Å²) in [5, 5.41) is 55.0. The Labute approximate surface area is 140 Å². The molecule has 0 spiro atoms. The van der Waals surface area contributed by atoms with Crippen molar-refractivity contribution in [3.05, 3.63) is 73.8 Å². The van der Waals surface area contributed by atoms with Gasteiger partial charge in [-0.1, -0.05) is 24.3 Å². The van der Waals surface area contributed by atoms with E-state index in [2.05, 4.69) is 0 Å². The zero-order valence-corrected chi connectivity index (χ0v) is 12.5. The standard InChI is InChI=1S/C14H12O3.2HNO3/c15-12-5-3-10(4-6-12)1-2-11-7-13(16)9-14(17)8-11;2*2-1(3)4/h1-9,15-17H;2*(H,2,3,4). The van der Waals surface area contributed by atoms with Crippen LogP contribution in [0.25, 0.3) is 12.2 Å². The lowest BCUT2D eigenvalue weighted by molar-refractivity contribution is -0.742. The van der Waals surface area contributed by atoms with Gasteiger partial charge in [-0.2, -0.15) is 0 Å². The Morgan fingerprint density at radius 3 is 1.44 bits per heavy atom. The number of nitrogens with zero attached hydrogens (tertiary/aromatic N) is 2. The third-order valence-electron chi connectivity index (χ3n) is 2.29. The fraction of sp³-hybridized carbons (Fsp3) is 0. The molecular weight excluding hydrogens is 340 g/mol. The summed E-state index contributed by atoms with van der Waals surface area (Å²) in [5.74, 6) is 0.267. The summed E-state index contributed by atoms with van der Waals surface area (Å²) in [4.78, 5) is 16.7. The molecule has 0 aliphatic carbocycles. The molecule has 0 amide bonds. The van der Waals surface area contributed by atoms with Crippen molar-refractivity contribution in [1.82, 2.24) is 0 Å². The van der Waals surface area contributed by atoms with Crippen molar-refractivity contribution in [1.29, 1.82) is 0 Å². The monoisotopic (exact) mass is 354 g/mol. The van der Waals surface area contributed by atoms with E-state index in [1.165, 1.54) is 6.07 Å². The summed E-state index contributed by atoms with van der Waals surface area (Å²) in [6.07, 6.45) is 3.60. The average Bonchev–Trinajstić information content (AvgIpc) is 2.44. The first-order chi connectivity index (χ1) is 11.6. The highest BCUT2D eigenvalue weighted by molar-refractivity contribution is 5.71. The third-order valence-corrected chi connectivity index (χ3v) is 2.29. The van der Waals surface area contributed by atoms with E-state index in [0.29, 0.717) is 5.56 Å². The van der Waals surface area contributed by atoms with E-state index in [4.69, 9.17) is 35.7 Å². The zero-order chi connectivity index (χ0) is 19.4. The minimum Gasteiger partial charge on any atom is -0.508 e. The highest BCUT2D eigenvalue weighted by atomic mass is 16.9. The first-order valence-corrected chi connectivity index (χ1v) is 6.27. The van der Waals surface area contributed by atoms with Gasteiger partial charge in [0.15, 0.2) is 0 Å². The van der Waals surface area contributed by atoms with E-state index in [0.717, 1.165) is 5.56 Å². The largest absolute Gasteiger partial charge is 0.508 e. The molecule has 0 atom stereocenters. The fourth-order valence-corrected chi connectivity index (χ4v) is 1.49. The predicted molar refractivity (Wildman–Crippen MR) is 84.4 cm³/mol. The van der Waals surface area contributed by atoms with Crippen LogP contribution in [0, 0.1) is 20.2 Å². The average molecular weight is 354 g/mol. The van der Waals surface area contributed by atoms with Crippen LogP contribution in [-0.4, -0.2) is 35.9 Å². The molecule has 0 unspecified atom stereocenters. The second kappa shape index (κ2) is 10.7. The fourth-order valence-electron chi connectivity index (χ4n) is 1.49. The van der Waals surface area contributed by atoms with Crippen molar-refractivity contribution in [3.63, 3.8) is 0 Å². The van der Waals surface area contributed by atoms with Gasteiger partial charge in [-0.25, -0.2) is 0 Å². The maximum atomic E-state index is 9.30. The van der Waals surface area contributed by atoms with Crippen molar-refractivity contribution in [3.8, 4) is 17.2 Å². The molecule has 0 aliphatic heterocycles. The molecular formula is C14H14N2O9. The Bertz CT molecular complexity index is 689. The lowest BCUT2D eigenvalue weighted by atomic mass is 10.1. The summed E-state index contributed by atoms with van der Waals surface area (Å²) >= 11 is 0. The lowest BCUT2D eigenvalue weighted by Gasteiger charge is -1.98. The number of phenolic OH excluding ortho intramolecular Hbond substituents is 3. The van der Waals surface area contributed by atoms with Crippen molar-refractivity contribution in [2.45, 2.75) is 0 Å². The van der Waals surface area contributed by atoms with Gasteiger partial charge in [-0.15, -0.1) is 20.2 Å². The van der Waals surface area contributed by atoms with Crippen LogP contribution < -0.4 is 0 Å².